The Hall–Kier alpha value is -1.77. The molecule has 0 N–H and O–H groups in total. The highest BCUT2D eigenvalue weighted by Gasteiger charge is 2.20. The van der Waals surface area contributed by atoms with Crippen LogP contribution in [-0.2, 0) is 12.8 Å². The minimum absolute atomic E-state index is 0.182. The maximum Gasteiger partial charge on any atom is 0.132 e. The molecule has 2 aromatic rings. The molecule has 3 rings (SSSR count). The largest absolute Gasteiger partial charge is 0.206 e. The Kier molecular flexibility index (Phi) is 10.6. The summed E-state index contributed by atoms with van der Waals surface area (Å²) in [6.45, 7) is 4.52. The fraction of sp³-hybridized carbons (Fsp3) is 0.655. The van der Waals surface area contributed by atoms with Crippen molar-refractivity contribution in [3.05, 3.63) is 47.4 Å². The van der Waals surface area contributed by atoms with Gasteiger partial charge in [0.05, 0.1) is 11.4 Å². The summed E-state index contributed by atoms with van der Waals surface area (Å²) in [6.07, 6.45) is 19.0. The molecular weight excluding hydrogens is 395 g/mol. The van der Waals surface area contributed by atoms with Crippen LogP contribution in [0.5, 0.6) is 0 Å². The van der Waals surface area contributed by atoms with Gasteiger partial charge in [-0.25, -0.2) is 4.39 Å². The van der Waals surface area contributed by atoms with Crippen LogP contribution in [0.3, 0.4) is 0 Å². The molecule has 0 saturated heterocycles. The zero-order valence-corrected chi connectivity index (χ0v) is 20.4. The third-order valence-corrected chi connectivity index (χ3v) is 7.34. The molecule has 1 aromatic heterocycles. The van der Waals surface area contributed by atoms with Crippen LogP contribution in [0.1, 0.15) is 109 Å². The van der Waals surface area contributed by atoms with Gasteiger partial charge in [0.2, 0.25) is 0 Å². The number of hydrogen-bond donors (Lipinski definition) is 0. The lowest BCUT2D eigenvalue weighted by Crippen LogP contribution is -2.15. The van der Waals surface area contributed by atoms with Gasteiger partial charge in [0, 0.05) is 5.56 Å². The molecule has 1 aliphatic rings. The van der Waals surface area contributed by atoms with Crippen molar-refractivity contribution in [1.82, 2.24) is 10.2 Å². The normalized spacial score (nSPS) is 18.7. The number of aryl methyl sites for hydroxylation is 2. The molecule has 0 radical (unpaired) electrons. The molecule has 3 heteroatoms. The van der Waals surface area contributed by atoms with Crippen LogP contribution in [-0.4, -0.2) is 10.2 Å². The third kappa shape index (κ3) is 7.98. The zero-order valence-electron chi connectivity index (χ0n) is 20.4. The van der Waals surface area contributed by atoms with Crippen molar-refractivity contribution in [3.63, 3.8) is 0 Å². The molecule has 2 nitrogen and oxygen atoms in total. The van der Waals surface area contributed by atoms with Gasteiger partial charge in [-0.3, -0.25) is 0 Å². The van der Waals surface area contributed by atoms with Crippen molar-refractivity contribution in [2.24, 2.45) is 11.8 Å². The van der Waals surface area contributed by atoms with Crippen molar-refractivity contribution in [2.45, 2.75) is 110 Å². The van der Waals surface area contributed by atoms with Crippen LogP contribution in [0, 0.1) is 17.7 Å². The minimum Gasteiger partial charge on any atom is -0.206 e. The van der Waals surface area contributed by atoms with Crippen LogP contribution in [0.2, 0.25) is 0 Å². The van der Waals surface area contributed by atoms with Gasteiger partial charge in [0.15, 0.2) is 0 Å². The lowest BCUT2D eigenvalue weighted by Gasteiger charge is -2.28. The maximum absolute atomic E-state index is 14.7. The summed E-state index contributed by atoms with van der Waals surface area (Å²) in [4.78, 5) is 0. The second kappa shape index (κ2) is 13.7. The average molecular weight is 439 g/mol. The standard InChI is InChI=1S/C29H43FN2/c1-3-5-7-8-9-11-25-17-20-27(28(30)22-25)29-21-19-26(31-32-29)18-16-24-14-12-23(13-15-24)10-6-4-2/h17,19-24H,3-16,18H2,1-2H3. The van der Waals surface area contributed by atoms with Gasteiger partial charge in [0.1, 0.15) is 5.82 Å². The van der Waals surface area contributed by atoms with Crippen LogP contribution < -0.4 is 0 Å². The van der Waals surface area contributed by atoms with E-state index in [-0.39, 0.29) is 5.82 Å². The topological polar surface area (TPSA) is 25.8 Å². The van der Waals surface area contributed by atoms with E-state index in [0.29, 0.717) is 11.3 Å². The first-order chi connectivity index (χ1) is 15.7. The number of unbranched alkanes of at least 4 members (excludes halogenated alkanes) is 5. The second-order valence-corrected chi connectivity index (χ2v) is 9.96. The van der Waals surface area contributed by atoms with Crippen LogP contribution in [0.15, 0.2) is 30.3 Å². The highest BCUT2D eigenvalue weighted by molar-refractivity contribution is 5.59. The lowest BCUT2D eigenvalue weighted by molar-refractivity contribution is 0.249. The summed E-state index contributed by atoms with van der Waals surface area (Å²) in [7, 11) is 0. The fourth-order valence-corrected chi connectivity index (χ4v) is 5.15. The van der Waals surface area contributed by atoms with E-state index in [1.807, 2.05) is 24.3 Å². The van der Waals surface area contributed by atoms with Gasteiger partial charge in [0.25, 0.3) is 0 Å². The van der Waals surface area contributed by atoms with Gasteiger partial charge in [-0.15, -0.1) is 0 Å². The predicted molar refractivity (Wildman–Crippen MR) is 133 cm³/mol. The highest BCUT2D eigenvalue weighted by Crippen LogP contribution is 2.34. The summed E-state index contributed by atoms with van der Waals surface area (Å²) < 4.78 is 14.7. The summed E-state index contributed by atoms with van der Waals surface area (Å²) in [5.41, 5.74) is 3.31. The summed E-state index contributed by atoms with van der Waals surface area (Å²) in [5.74, 6) is 1.62. The quantitative estimate of drug-likeness (QED) is 0.292. The average Bonchev–Trinajstić information content (AvgIpc) is 2.82. The SMILES string of the molecule is CCCCCCCc1ccc(-c2ccc(CCC3CCC(CCCC)CC3)nn2)c(F)c1. The number of halogens is 1. The molecular formula is C29H43FN2. The van der Waals surface area contributed by atoms with Gasteiger partial charge in [-0.05, 0) is 67.3 Å². The molecule has 0 spiro atoms. The van der Waals surface area contributed by atoms with E-state index in [1.165, 1.54) is 77.0 Å². The molecule has 0 atom stereocenters. The van der Waals surface area contributed by atoms with Crippen molar-refractivity contribution in [1.29, 1.82) is 0 Å². The number of nitrogens with zero attached hydrogens (tertiary/aromatic N) is 2. The van der Waals surface area contributed by atoms with E-state index < -0.39 is 0 Å². The van der Waals surface area contributed by atoms with E-state index in [0.717, 1.165) is 42.4 Å². The Morgan fingerprint density at radius 3 is 2.12 bits per heavy atom. The van der Waals surface area contributed by atoms with Gasteiger partial charge < -0.3 is 0 Å². The van der Waals surface area contributed by atoms with E-state index in [2.05, 4.69) is 24.0 Å². The van der Waals surface area contributed by atoms with E-state index in [9.17, 15) is 4.39 Å². The Labute approximate surface area is 195 Å². The molecule has 0 bridgehead atoms. The summed E-state index contributed by atoms with van der Waals surface area (Å²) >= 11 is 0. The molecule has 1 aliphatic carbocycles. The third-order valence-electron chi connectivity index (χ3n) is 7.34. The van der Waals surface area contributed by atoms with Crippen LogP contribution in [0.4, 0.5) is 4.39 Å². The summed E-state index contributed by atoms with van der Waals surface area (Å²) in [5, 5.41) is 8.77. The molecule has 1 heterocycles. The Morgan fingerprint density at radius 1 is 0.750 bits per heavy atom. The Bertz CT molecular complexity index is 778. The molecule has 1 fully saturated rings. The van der Waals surface area contributed by atoms with Crippen molar-refractivity contribution in [3.8, 4) is 11.3 Å². The first kappa shape index (κ1) is 24.9. The Balaban J connectivity index is 1.45. The second-order valence-electron chi connectivity index (χ2n) is 9.96. The first-order valence-electron chi connectivity index (χ1n) is 13.3. The monoisotopic (exact) mass is 438 g/mol. The van der Waals surface area contributed by atoms with E-state index >= 15 is 0 Å². The molecule has 1 saturated carbocycles. The number of aromatic nitrogens is 2. The predicted octanol–water partition coefficient (Wildman–Crippen LogP) is 8.72. The van der Waals surface area contributed by atoms with E-state index in [1.54, 1.807) is 6.07 Å². The maximum atomic E-state index is 14.7. The molecule has 0 aliphatic heterocycles. The zero-order chi connectivity index (χ0) is 22.6. The molecule has 0 unspecified atom stereocenters. The Morgan fingerprint density at radius 2 is 1.47 bits per heavy atom. The van der Waals surface area contributed by atoms with Crippen molar-refractivity contribution < 1.29 is 4.39 Å². The molecule has 32 heavy (non-hydrogen) atoms. The first-order valence-corrected chi connectivity index (χ1v) is 13.3. The number of rotatable bonds is 13. The van der Waals surface area contributed by atoms with Gasteiger partial charge in [-0.1, -0.05) is 90.5 Å². The molecule has 176 valence electrons. The number of benzene rings is 1. The number of hydrogen-bond acceptors (Lipinski definition) is 2. The smallest absolute Gasteiger partial charge is 0.132 e. The summed E-state index contributed by atoms with van der Waals surface area (Å²) in [6, 6.07) is 9.58. The van der Waals surface area contributed by atoms with Crippen LogP contribution in [0.25, 0.3) is 11.3 Å². The molecule has 0 amide bonds. The lowest BCUT2D eigenvalue weighted by atomic mass is 9.78. The van der Waals surface area contributed by atoms with Gasteiger partial charge >= 0.3 is 0 Å². The fourth-order valence-electron chi connectivity index (χ4n) is 5.15. The van der Waals surface area contributed by atoms with Crippen LogP contribution >= 0.6 is 0 Å². The van der Waals surface area contributed by atoms with E-state index in [4.69, 9.17) is 0 Å². The highest BCUT2D eigenvalue weighted by atomic mass is 19.1. The molecule has 1 aromatic carbocycles. The van der Waals surface area contributed by atoms with Crippen molar-refractivity contribution >= 4 is 0 Å². The minimum atomic E-state index is -0.182. The van der Waals surface area contributed by atoms with Gasteiger partial charge in [-0.2, -0.15) is 10.2 Å². The van der Waals surface area contributed by atoms with Crippen molar-refractivity contribution in [2.75, 3.05) is 0 Å².